The van der Waals surface area contributed by atoms with Crippen molar-refractivity contribution in [2.75, 3.05) is 13.1 Å². The number of hydrogen-bond acceptors (Lipinski definition) is 4. The maximum atomic E-state index is 11.9. The minimum Gasteiger partial charge on any atom is -0.409 e. The molecule has 0 aromatic carbocycles. The summed E-state index contributed by atoms with van der Waals surface area (Å²) in [5, 5.41) is 11.3. The minimum absolute atomic E-state index is 0.00821. The van der Waals surface area contributed by atoms with Crippen LogP contribution in [0.25, 0.3) is 0 Å². The van der Waals surface area contributed by atoms with Crippen molar-refractivity contribution in [1.82, 2.24) is 9.88 Å². The summed E-state index contributed by atoms with van der Waals surface area (Å²) in [6.45, 7) is 2.36. The Bertz CT molecular complexity index is 378. The van der Waals surface area contributed by atoms with Crippen LogP contribution < -0.4 is 5.73 Å². The topological polar surface area (TPSA) is 91.8 Å². The first-order valence-electron chi connectivity index (χ1n) is 4.85. The summed E-state index contributed by atoms with van der Waals surface area (Å²) in [5.41, 5.74) is 5.69. The predicted molar refractivity (Wildman–Crippen MR) is 59.2 cm³/mol. The van der Waals surface area contributed by atoms with E-state index in [1.165, 1.54) is 4.90 Å². The van der Waals surface area contributed by atoms with E-state index in [4.69, 9.17) is 10.9 Å². The molecule has 0 saturated carbocycles. The van der Waals surface area contributed by atoms with E-state index in [9.17, 15) is 4.79 Å². The Morgan fingerprint density at radius 3 is 2.88 bits per heavy atom. The van der Waals surface area contributed by atoms with Crippen LogP contribution in [0.2, 0.25) is 0 Å². The summed E-state index contributed by atoms with van der Waals surface area (Å²) in [7, 11) is 0. The van der Waals surface area contributed by atoms with E-state index in [1.807, 2.05) is 6.92 Å². The first-order chi connectivity index (χ1) is 7.69. The third-order valence-corrected chi connectivity index (χ3v) is 2.03. The first-order valence-corrected chi connectivity index (χ1v) is 4.85. The molecular formula is C10H14N4O2. The summed E-state index contributed by atoms with van der Waals surface area (Å²) in [6, 6.07) is 5.09. The van der Waals surface area contributed by atoms with E-state index in [0.29, 0.717) is 12.2 Å². The summed E-state index contributed by atoms with van der Waals surface area (Å²) >= 11 is 0. The highest BCUT2D eigenvalue weighted by molar-refractivity contribution is 5.95. The lowest BCUT2D eigenvalue weighted by molar-refractivity contribution is 0.0780. The Morgan fingerprint density at radius 1 is 1.62 bits per heavy atom. The molecule has 0 aliphatic heterocycles. The third kappa shape index (κ3) is 2.94. The van der Waals surface area contributed by atoms with Crippen molar-refractivity contribution >= 4 is 11.7 Å². The van der Waals surface area contributed by atoms with E-state index in [0.717, 1.165) is 0 Å². The van der Waals surface area contributed by atoms with Gasteiger partial charge in [0, 0.05) is 12.7 Å². The number of oxime groups is 1. The van der Waals surface area contributed by atoms with Crippen LogP contribution in [0.3, 0.4) is 0 Å². The maximum Gasteiger partial charge on any atom is 0.272 e. The van der Waals surface area contributed by atoms with Crippen molar-refractivity contribution in [3.63, 3.8) is 0 Å². The smallest absolute Gasteiger partial charge is 0.272 e. The second kappa shape index (κ2) is 5.69. The zero-order valence-electron chi connectivity index (χ0n) is 9.00. The lowest BCUT2D eigenvalue weighted by atomic mass is 10.3. The molecule has 16 heavy (non-hydrogen) atoms. The number of pyridine rings is 1. The van der Waals surface area contributed by atoms with Gasteiger partial charge in [-0.2, -0.15) is 0 Å². The van der Waals surface area contributed by atoms with Crippen LogP contribution in [0.5, 0.6) is 0 Å². The van der Waals surface area contributed by atoms with Crippen LogP contribution in [-0.2, 0) is 0 Å². The molecule has 1 aromatic rings. The molecule has 1 heterocycles. The van der Waals surface area contributed by atoms with Gasteiger partial charge in [-0.25, -0.2) is 0 Å². The second-order valence-corrected chi connectivity index (χ2v) is 3.13. The molecule has 0 aliphatic rings. The average Bonchev–Trinajstić information content (AvgIpc) is 2.35. The molecule has 0 atom stereocenters. The Morgan fingerprint density at radius 2 is 2.38 bits per heavy atom. The Balaban J connectivity index is 2.78. The van der Waals surface area contributed by atoms with Gasteiger partial charge in [0.25, 0.3) is 5.91 Å². The molecular weight excluding hydrogens is 208 g/mol. The fraction of sp³-hybridized carbons (Fsp3) is 0.300. The van der Waals surface area contributed by atoms with Gasteiger partial charge in [-0.15, -0.1) is 0 Å². The Labute approximate surface area is 93.4 Å². The average molecular weight is 222 g/mol. The fourth-order valence-electron chi connectivity index (χ4n) is 1.21. The van der Waals surface area contributed by atoms with Crippen LogP contribution in [-0.4, -0.2) is 39.9 Å². The molecule has 0 radical (unpaired) electrons. The van der Waals surface area contributed by atoms with E-state index in [2.05, 4.69) is 10.1 Å². The van der Waals surface area contributed by atoms with Crippen LogP contribution in [0.15, 0.2) is 29.6 Å². The molecule has 1 aromatic heterocycles. The van der Waals surface area contributed by atoms with Crippen molar-refractivity contribution in [2.24, 2.45) is 10.9 Å². The Kier molecular flexibility index (Phi) is 4.26. The number of carbonyl (C=O) groups excluding carboxylic acids is 1. The van der Waals surface area contributed by atoms with Gasteiger partial charge in [0.2, 0.25) is 0 Å². The lowest BCUT2D eigenvalue weighted by Gasteiger charge is -2.19. The van der Waals surface area contributed by atoms with Crippen LogP contribution in [0.1, 0.15) is 17.4 Å². The molecule has 0 fully saturated rings. The van der Waals surface area contributed by atoms with Gasteiger partial charge >= 0.3 is 0 Å². The van der Waals surface area contributed by atoms with Crippen molar-refractivity contribution in [1.29, 1.82) is 0 Å². The number of rotatable bonds is 4. The maximum absolute atomic E-state index is 11.9. The summed E-state index contributed by atoms with van der Waals surface area (Å²) in [5.74, 6) is -0.249. The highest BCUT2D eigenvalue weighted by atomic mass is 16.4. The molecule has 0 bridgehead atoms. The van der Waals surface area contributed by atoms with Crippen LogP contribution >= 0.6 is 0 Å². The normalized spacial score (nSPS) is 11.2. The molecule has 0 spiro atoms. The van der Waals surface area contributed by atoms with Crippen molar-refractivity contribution in [2.45, 2.75) is 6.92 Å². The number of amides is 1. The summed E-state index contributed by atoms with van der Waals surface area (Å²) in [6.07, 6.45) is 1.55. The van der Waals surface area contributed by atoms with Gasteiger partial charge < -0.3 is 15.8 Å². The standard InChI is InChI=1S/C10H14N4O2/c1-2-14(7-9(11)13-16)10(15)8-5-3-4-6-12-8/h3-6,16H,2,7H2,1H3,(H2,11,13). The van der Waals surface area contributed by atoms with E-state index in [-0.39, 0.29) is 18.3 Å². The van der Waals surface area contributed by atoms with Gasteiger partial charge in [0.15, 0.2) is 5.84 Å². The van der Waals surface area contributed by atoms with E-state index in [1.54, 1.807) is 24.4 Å². The van der Waals surface area contributed by atoms with Gasteiger partial charge in [-0.3, -0.25) is 9.78 Å². The third-order valence-electron chi connectivity index (χ3n) is 2.03. The minimum atomic E-state index is -0.241. The molecule has 86 valence electrons. The highest BCUT2D eigenvalue weighted by Gasteiger charge is 2.15. The Hall–Kier alpha value is -2.11. The molecule has 0 aliphatic carbocycles. The molecule has 6 heteroatoms. The van der Waals surface area contributed by atoms with Gasteiger partial charge in [0.05, 0.1) is 6.54 Å². The monoisotopic (exact) mass is 222 g/mol. The SMILES string of the molecule is CCN(CC(N)=NO)C(=O)c1ccccn1. The zero-order valence-corrected chi connectivity index (χ0v) is 9.00. The van der Waals surface area contributed by atoms with Crippen LogP contribution in [0.4, 0.5) is 0 Å². The number of likely N-dealkylation sites (N-methyl/N-ethyl adjacent to an activating group) is 1. The number of hydrogen-bond donors (Lipinski definition) is 2. The zero-order chi connectivity index (χ0) is 12.0. The largest absolute Gasteiger partial charge is 0.409 e. The van der Waals surface area contributed by atoms with Gasteiger partial charge in [-0.1, -0.05) is 11.2 Å². The molecule has 0 unspecified atom stereocenters. The quantitative estimate of drug-likeness (QED) is 0.331. The van der Waals surface area contributed by atoms with Crippen LogP contribution in [0, 0.1) is 0 Å². The number of nitrogens with two attached hydrogens (primary N) is 1. The van der Waals surface area contributed by atoms with E-state index >= 15 is 0 Å². The van der Waals surface area contributed by atoms with Crippen molar-refractivity contribution in [3.05, 3.63) is 30.1 Å². The first kappa shape index (κ1) is 12.0. The summed E-state index contributed by atoms with van der Waals surface area (Å²) in [4.78, 5) is 17.3. The number of aromatic nitrogens is 1. The molecule has 3 N–H and O–H groups in total. The van der Waals surface area contributed by atoms with Gasteiger partial charge in [-0.05, 0) is 19.1 Å². The highest BCUT2D eigenvalue weighted by Crippen LogP contribution is 2.00. The molecule has 1 amide bonds. The molecule has 6 nitrogen and oxygen atoms in total. The van der Waals surface area contributed by atoms with Gasteiger partial charge in [0.1, 0.15) is 5.69 Å². The van der Waals surface area contributed by atoms with Crippen molar-refractivity contribution in [3.8, 4) is 0 Å². The number of carbonyl (C=O) groups is 1. The molecule has 0 saturated heterocycles. The van der Waals surface area contributed by atoms with E-state index < -0.39 is 0 Å². The number of amidine groups is 1. The number of nitrogens with zero attached hydrogens (tertiary/aromatic N) is 3. The molecule has 1 rings (SSSR count). The summed E-state index contributed by atoms with van der Waals surface area (Å²) < 4.78 is 0. The fourth-order valence-corrected chi connectivity index (χ4v) is 1.21. The lowest BCUT2D eigenvalue weighted by Crippen LogP contribution is -2.38. The van der Waals surface area contributed by atoms with Crippen molar-refractivity contribution < 1.29 is 10.0 Å². The second-order valence-electron chi connectivity index (χ2n) is 3.13. The predicted octanol–water partition coefficient (Wildman–Crippen LogP) is 0.290.